The molecule has 2 aliphatic rings. The summed E-state index contributed by atoms with van der Waals surface area (Å²) in [5.74, 6) is 0.527. The van der Waals surface area contributed by atoms with Crippen LogP contribution in [0.5, 0.6) is 0 Å². The van der Waals surface area contributed by atoms with Crippen LogP contribution in [0.1, 0.15) is 75.3 Å². The Labute approximate surface area is 132 Å². The Hall–Kier alpha value is -0.610. The lowest BCUT2D eigenvalue weighted by Crippen LogP contribution is -2.38. The molecule has 118 valence electrons. The van der Waals surface area contributed by atoms with Crippen LogP contribution in [-0.4, -0.2) is 18.1 Å². The molecule has 0 amide bonds. The molecule has 2 N–H and O–H groups in total. The Balaban J connectivity index is 1.71. The van der Waals surface area contributed by atoms with Gasteiger partial charge in [-0.3, -0.25) is 0 Å². The zero-order chi connectivity index (χ0) is 14.9. The average molecular weight is 308 g/mol. The highest BCUT2D eigenvalue weighted by Crippen LogP contribution is 2.47. The van der Waals surface area contributed by atoms with Crippen molar-refractivity contribution in [2.24, 2.45) is 11.1 Å². The summed E-state index contributed by atoms with van der Waals surface area (Å²) in [6.07, 6.45) is 9.70. The maximum atomic E-state index is 5.93. The molecule has 1 aliphatic heterocycles. The topological polar surface area (TPSA) is 42.2 Å². The standard InChI is InChI=1S/C17H29N3S/c1-3-13(2)15-14(12-18)21-16(19-15)20-10-8-17(9-11-20)6-4-5-7-17/h13H,3-12,18H2,1-2H3. The summed E-state index contributed by atoms with van der Waals surface area (Å²) in [4.78, 5) is 8.76. The van der Waals surface area contributed by atoms with Gasteiger partial charge in [-0.05, 0) is 43.4 Å². The monoisotopic (exact) mass is 307 g/mol. The van der Waals surface area contributed by atoms with Crippen molar-refractivity contribution in [3.8, 4) is 0 Å². The SMILES string of the molecule is CCC(C)c1nc(N2CCC3(CCCC3)CC2)sc1CN. The first-order chi connectivity index (χ1) is 10.2. The molecule has 1 saturated carbocycles. The molecule has 2 fully saturated rings. The minimum absolute atomic E-state index is 0.527. The summed E-state index contributed by atoms with van der Waals surface area (Å²) < 4.78 is 0. The maximum Gasteiger partial charge on any atom is 0.185 e. The molecule has 2 heterocycles. The minimum atomic E-state index is 0.527. The molecule has 1 saturated heterocycles. The van der Waals surface area contributed by atoms with Crippen LogP contribution in [0.25, 0.3) is 0 Å². The molecule has 1 atom stereocenters. The van der Waals surface area contributed by atoms with E-state index in [4.69, 9.17) is 10.7 Å². The maximum absolute atomic E-state index is 5.93. The molecule has 4 heteroatoms. The van der Waals surface area contributed by atoms with Crippen LogP contribution in [0.15, 0.2) is 0 Å². The van der Waals surface area contributed by atoms with Crippen molar-refractivity contribution in [3.63, 3.8) is 0 Å². The van der Waals surface area contributed by atoms with E-state index < -0.39 is 0 Å². The van der Waals surface area contributed by atoms with Crippen LogP contribution in [-0.2, 0) is 6.54 Å². The fraction of sp³-hybridized carbons (Fsp3) is 0.824. The van der Waals surface area contributed by atoms with Gasteiger partial charge in [0.05, 0.1) is 5.69 Å². The van der Waals surface area contributed by atoms with Crippen LogP contribution in [0.4, 0.5) is 5.13 Å². The van der Waals surface area contributed by atoms with E-state index in [-0.39, 0.29) is 0 Å². The predicted molar refractivity (Wildman–Crippen MR) is 91.1 cm³/mol. The fourth-order valence-electron chi connectivity index (χ4n) is 4.01. The molecule has 0 radical (unpaired) electrons. The number of thiazole rings is 1. The van der Waals surface area contributed by atoms with Gasteiger partial charge in [-0.1, -0.05) is 26.7 Å². The summed E-state index contributed by atoms with van der Waals surface area (Å²) in [6, 6.07) is 0. The summed E-state index contributed by atoms with van der Waals surface area (Å²) in [5, 5.41) is 1.22. The molecule has 1 aromatic heterocycles. The van der Waals surface area contributed by atoms with Gasteiger partial charge in [0.15, 0.2) is 5.13 Å². The zero-order valence-electron chi connectivity index (χ0n) is 13.5. The number of nitrogens with zero attached hydrogens (tertiary/aromatic N) is 2. The molecule has 1 spiro atoms. The van der Waals surface area contributed by atoms with Crippen molar-refractivity contribution in [1.29, 1.82) is 0 Å². The third kappa shape index (κ3) is 2.98. The first kappa shape index (κ1) is 15.3. The van der Waals surface area contributed by atoms with E-state index >= 15 is 0 Å². The van der Waals surface area contributed by atoms with Crippen molar-refractivity contribution >= 4 is 16.5 Å². The molecule has 0 bridgehead atoms. The van der Waals surface area contributed by atoms with Gasteiger partial charge in [-0.2, -0.15) is 0 Å². The summed E-state index contributed by atoms with van der Waals surface area (Å²) >= 11 is 1.83. The Bertz CT molecular complexity index is 466. The molecule has 21 heavy (non-hydrogen) atoms. The van der Waals surface area contributed by atoms with E-state index in [1.807, 2.05) is 11.3 Å². The molecular weight excluding hydrogens is 278 g/mol. The van der Waals surface area contributed by atoms with Gasteiger partial charge in [-0.15, -0.1) is 11.3 Å². The Morgan fingerprint density at radius 1 is 1.24 bits per heavy atom. The summed E-state index contributed by atoms with van der Waals surface area (Å²) in [5.41, 5.74) is 7.87. The second-order valence-electron chi connectivity index (χ2n) is 7.01. The van der Waals surface area contributed by atoms with E-state index in [0.29, 0.717) is 17.9 Å². The number of nitrogens with two attached hydrogens (primary N) is 1. The summed E-state index contributed by atoms with van der Waals surface area (Å²) in [7, 11) is 0. The summed E-state index contributed by atoms with van der Waals surface area (Å²) in [6.45, 7) is 7.51. The van der Waals surface area contributed by atoms with Gasteiger partial charge in [0.25, 0.3) is 0 Å². The number of piperidine rings is 1. The zero-order valence-corrected chi connectivity index (χ0v) is 14.3. The molecule has 1 unspecified atom stereocenters. The van der Waals surface area contributed by atoms with E-state index in [9.17, 15) is 0 Å². The number of anilines is 1. The van der Waals surface area contributed by atoms with Crippen LogP contribution in [0, 0.1) is 5.41 Å². The highest BCUT2D eigenvalue weighted by Gasteiger charge is 2.37. The Kier molecular flexibility index (Phi) is 4.55. The van der Waals surface area contributed by atoms with Gasteiger partial charge in [0, 0.05) is 24.5 Å². The highest BCUT2D eigenvalue weighted by atomic mass is 32.1. The lowest BCUT2D eigenvalue weighted by atomic mass is 9.77. The van der Waals surface area contributed by atoms with Crippen LogP contribution < -0.4 is 10.6 Å². The van der Waals surface area contributed by atoms with Crippen LogP contribution in [0.3, 0.4) is 0 Å². The van der Waals surface area contributed by atoms with Crippen molar-refractivity contribution in [2.75, 3.05) is 18.0 Å². The third-order valence-corrected chi connectivity index (χ3v) is 6.89. The first-order valence-electron chi connectivity index (χ1n) is 8.62. The number of hydrogen-bond donors (Lipinski definition) is 1. The molecule has 1 aromatic rings. The van der Waals surface area contributed by atoms with Gasteiger partial charge in [0.1, 0.15) is 0 Å². The van der Waals surface area contributed by atoms with Gasteiger partial charge < -0.3 is 10.6 Å². The highest BCUT2D eigenvalue weighted by molar-refractivity contribution is 7.15. The van der Waals surface area contributed by atoms with E-state index in [1.54, 1.807) is 0 Å². The van der Waals surface area contributed by atoms with E-state index in [1.165, 1.54) is 67.3 Å². The van der Waals surface area contributed by atoms with E-state index in [0.717, 1.165) is 6.42 Å². The van der Waals surface area contributed by atoms with Crippen molar-refractivity contribution in [1.82, 2.24) is 4.98 Å². The smallest absolute Gasteiger partial charge is 0.185 e. The van der Waals surface area contributed by atoms with Gasteiger partial charge >= 0.3 is 0 Å². The minimum Gasteiger partial charge on any atom is -0.348 e. The van der Waals surface area contributed by atoms with Crippen LogP contribution >= 0.6 is 11.3 Å². The quantitative estimate of drug-likeness (QED) is 0.903. The predicted octanol–water partition coefficient (Wildman–Crippen LogP) is 4.28. The van der Waals surface area contributed by atoms with Gasteiger partial charge in [-0.25, -0.2) is 4.98 Å². The molecular formula is C17H29N3S. The molecule has 0 aromatic carbocycles. The Morgan fingerprint density at radius 3 is 2.48 bits per heavy atom. The second-order valence-corrected chi connectivity index (χ2v) is 8.07. The molecule has 3 nitrogen and oxygen atoms in total. The largest absolute Gasteiger partial charge is 0.348 e. The second kappa shape index (κ2) is 6.25. The Morgan fingerprint density at radius 2 is 1.90 bits per heavy atom. The lowest BCUT2D eigenvalue weighted by molar-refractivity contribution is 0.226. The van der Waals surface area contributed by atoms with Gasteiger partial charge in [0.2, 0.25) is 0 Å². The first-order valence-corrected chi connectivity index (χ1v) is 9.44. The third-order valence-electron chi connectivity index (χ3n) is 5.74. The lowest BCUT2D eigenvalue weighted by Gasteiger charge is -2.39. The number of rotatable bonds is 4. The van der Waals surface area contributed by atoms with E-state index in [2.05, 4.69) is 18.7 Å². The average Bonchev–Trinajstić information content (AvgIpc) is 3.14. The van der Waals surface area contributed by atoms with Crippen LogP contribution in [0.2, 0.25) is 0 Å². The number of aromatic nitrogens is 1. The normalized spacial score (nSPS) is 22.9. The fourth-order valence-corrected chi connectivity index (χ4v) is 5.12. The number of hydrogen-bond acceptors (Lipinski definition) is 4. The van der Waals surface area contributed by atoms with Crippen molar-refractivity contribution < 1.29 is 0 Å². The van der Waals surface area contributed by atoms with Crippen molar-refractivity contribution in [2.45, 2.75) is 71.3 Å². The van der Waals surface area contributed by atoms with Crippen molar-refractivity contribution in [3.05, 3.63) is 10.6 Å². The molecule has 1 aliphatic carbocycles. The molecule has 3 rings (SSSR count).